The van der Waals surface area contributed by atoms with Gasteiger partial charge in [-0.3, -0.25) is 9.55 Å². The van der Waals surface area contributed by atoms with E-state index in [4.69, 9.17) is 9.97 Å². The fourth-order valence-corrected chi connectivity index (χ4v) is 5.09. The Hall–Kier alpha value is -4.44. The summed E-state index contributed by atoms with van der Waals surface area (Å²) in [6.45, 7) is 2.13. The Morgan fingerprint density at radius 1 is 0.636 bits per heavy atom. The summed E-state index contributed by atoms with van der Waals surface area (Å²) in [5.41, 5.74) is 8.76. The van der Waals surface area contributed by atoms with Gasteiger partial charge in [0.2, 0.25) is 0 Å². The van der Waals surface area contributed by atoms with E-state index < -0.39 is 0 Å². The Morgan fingerprint density at radius 3 is 2.30 bits per heavy atom. The van der Waals surface area contributed by atoms with E-state index in [2.05, 4.69) is 94.9 Å². The summed E-state index contributed by atoms with van der Waals surface area (Å²) in [6, 6.07) is 31.8. The summed E-state index contributed by atoms with van der Waals surface area (Å²) >= 11 is 0. The third-order valence-electron chi connectivity index (χ3n) is 6.44. The van der Waals surface area contributed by atoms with Gasteiger partial charge in [-0.15, -0.1) is 0 Å². The smallest absolute Gasteiger partial charge is 0.147 e. The van der Waals surface area contributed by atoms with Crippen LogP contribution in [-0.2, 0) is 0 Å². The number of fused-ring (bicyclic) bond motifs is 7. The first-order chi connectivity index (χ1) is 16.3. The maximum Gasteiger partial charge on any atom is 0.147 e. The van der Waals surface area contributed by atoms with Gasteiger partial charge in [0.05, 0.1) is 27.5 Å². The first-order valence-electron chi connectivity index (χ1n) is 11.1. The average molecular weight is 425 g/mol. The molecule has 0 aliphatic rings. The summed E-state index contributed by atoms with van der Waals surface area (Å²) in [4.78, 5) is 9.77. The van der Waals surface area contributed by atoms with E-state index in [9.17, 15) is 0 Å². The summed E-state index contributed by atoms with van der Waals surface area (Å²) in [6.07, 6.45) is 3.84. The van der Waals surface area contributed by atoms with Crippen LogP contribution in [0.2, 0.25) is 0 Å². The van der Waals surface area contributed by atoms with Crippen molar-refractivity contribution in [1.29, 1.82) is 0 Å². The summed E-state index contributed by atoms with van der Waals surface area (Å²) in [7, 11) is 0. The molecule has 0 fully saturated rings. The maximum atomic E-state index is 5.01. The molecule has 0 aliphatic heterocycles. The van der Waals surface area contributed by atoms with Crippen LogP contribution in [0.3, 0.4) is 0 Å². The highest BCUT2D eigenvalue weighted by Gasteiger charge is 2.21. The van der Waals surface area contributed by atoms with E-state index >= 15 is 0 Å². The zero-order valence-corrected chi connectivity index (χ0v) is 18.1. The van der Waals surface area contributed by atoms with E-state index in [1.54, 1.807) is 0 Å². The van der Waals surface area contributed by atoms with Gasteiger partial charge in [-0.05, 0) is 55.0 Å². The lowest BCUT2D eigenvalue weighted by Crippen LogP contribution is -1.97. The number of aromatic nitrogens is 4. The zero-order valence-electron chi connectivity index (χ0n) is 18.1. The van der Waals surface area contributed by atoms with Crippen LogP contribution in [0.4, 0.5) is 0 Å². The monoisotopic (exact) mass is 424 g/mol. The van der Waals surface area contributed by atoms with Crippen LogP contribution in [-0.4, -0.2) is 19.1 Å². The number of hydrogen-bond donors (Lipinski definition) is 0. The van der Waals surface area contributed by atoms with Crippen molar-refractivity contribution in [1.82, 2.24) is 19.1 Å². The Morgan fingerprint density at radius 2 is 1.42 bits per heavy atom. The van der Waals surface area contributed by atoms with Crippen LogP contribution in [0.1, 0.15) is 5.56 Å². The van der Waals surface area contributed by atoms with Crippen LogP contribution >= 0.6 is 0 Å². The van der Waals surface area contributed by atoms with Crippen molar-refractivity contribution in [3.8, 4) is 11.4 Å². The number of nitrogens with zero attached hydrogens (tertiary/aromatic N) is 4. The van der Waals surface area contributed by atoms with Gasteiger partial charge in [-0.2, -0.15) is 0 Å². The predicted octanol–water partition coefficient (Wildman–Crippen LogP) is 6.98. The van der Waals surface area contributed by atoms with Crippen molar-refractivity contribution < 1.29 is 0 Å². The minimum Gasteiger partial charge on any atom is -0.307 e. The van der Waals surface area contributed by atoms with E-state index in [0.29, 0.717) is 0 Å². The molecule has 4 heteroatoms. The Balaban J connectivity index is 1.76. The van der Waals surface area contributed by atoms with Crippen molar-refractivity contribution in [3.63, 3.8) is 0 Å². The van der Waals surface area contributed by atoms with Gasteiger partial charge in [0, 0.05) is 34.5 Å². The fourth-order valence-electron chi connectivity index (χ4n) is 5.09. The molecule has 3 aromatic carbocycles. The van der Waals surface area contributed by atoms with Crippen molar-refractivity contribution in [2.24, 2.45) is 0 Å². The minimum atomic E-state index is 0.951. The van der Waals surface area contributed by atoms with Crippen molar-refractivity contribution in [3.05, 3.63) is 109 Å². The van der Waals surface area contributed by atoms with Crippen molar-refractivity contribution in [2.45, 2.75) is 6.92 Å². The number of hydrogen-bond acceptors (Lipinski definition) is 2. The van der Waals surface area contributed by atoms with E-state index in [1.807, 2.05) is 24.5 Å². The molecule has 0 N–H and O–H groups in total. The highest BCUT2D eigenvalue weighted by molar-refractivity contribution is 6.24. The molecule has 4 aromatic heterocycles. The van der Waals surface area contributed by atoms with Crippen molar-refractivity contribution >= 4 is 43.9 Å². The molecule has 0 amide bonds. The van der Waals surface area contributed by atoms with Crippen LogP contribution in [0, 0.1) is 6.92 Å². The quantitative estimate of drug-likeness (QED) is 0.300. The standard InChI is InChI=1S/C29H20N4/c1-19-9-7-12-21(17-19)32-25-15-8-16-30-27(25)23-18-31-29-26(28(23)32)22-13-5-6-14-24(22)33(29)20-10-3-2-4-11-20/h2-18H,1H3. The Kier molecular flexibility index (Phi) is 3.73. The molecular weight excluding hydrogens is 404 g/mol. The molecule has 156 valence electrons. The molecule has 0 unspecified atom stereocenters. The molecule has 0 spiro atoms. The lowest BCUT2D eigenvalue weighted by atomic mass is 10.1. The average Bonchev–Trinajstić information content (AvgIpc) is 3.37. The normalized spacial score (nSPS) is 11.8. The van der Waals surface area contributed by atoms with Crippen molar-refractivity contribution in [2.75, 3.05) is 0 Å². The maximum absolute atomic E-state index is 5.01. The zero-order chi connectivity index (χ0) is 21.9. The third kappa shape index (κ3) is 2.52. The molecule has 7 rings (SSSR count). The molecule has 7 aromatic rings. The van der Waals surface area contributed by atoms with E-state index in [1.165, 1.54) is 10.9 Å². The van der Waals surface area contributed by atoms with Gasteiger partial charge < -0.3 is 4.57 Å². The van der Waals surface area contributed by atoms with Gasteiger partial charge in [0.1, 0.15) is 5.65 Å². The molecule has 0 radical (unpaired) electrons. The van der Waals surface area contributed by atoms with Gasteiger partial charge in [-0.1, -0.05) is 48.5 Å². The van der Waals surface area contributed by atoms with Gasteiger partial charge in [0.15, 0.2) is 0 Å². The molecule has 0 bridgehead atoms. The van der Waals surface area contributed by atoms with Crippen LogP contribution < -0.4 is 0 Å². The molecule has 4 heterocycles. The number of pyridine rings is 2. The van der Waals surface area contributed by atoms with Crippen LogP contribution in [0.15, 0.2) is 103 Å². The molecule has 33 heavy (non-hydrogen) atoms. The highest BCUT2D eigenvalue weighted by atomic mass is 15.1. The number of aryl methyl sites for hydroxylation is 1. The number of benzene rings is 3. The fraction of sp³-hybridized carbons (Fsp3) is 0.0345. The Labute approximate surface area is 190 Å². The molecule has 0 aliphatic carbocycles. The molecule has 0 atom stereocenters. The summed E-state index contributed by atoms with van der Waals surface area (Å²) in [5.74, 6) is 0. The number of rotatable bonds is 2. The second kappa shape index (κ2) is 6.78. The van der Waals surface area contributed by atoms with E-state index in [-0.39, 0.29) is 0 Å². The van der Waals surface area contributed by atoms with Gasteiger partial charge in [0.25, 0.3) is 0 Å². The highest BCUT2D eigenvalue weighted by Crippen LogP contribution is 2.40. The second-order valence-electron chi connectivity index (χ2n) is 8.45. The SMILES string of the molecule is Cc1cccc(-n2c3cccnc3c3cnc4c(c5ccccc5n4-c4ccccc4)c32)c1. The second-order valence-corrected chi connectivity index (χ2v) is 8.45. The number of para-hydroxylation sites is 2. The Bertz CT molecular complexity index is 1820. The summed E-state index contributed by atoms with van der Waals surface area (Å²) < 4.78 is 4.60. The first kappa shape index (κ1) is 18.2. The first-order valence-corrected chi connectivity index (χ1v) is 11.1. The molecule has 0 saturated heterocycles. The third-order valence-corrected chi connectivity index (χ3v) is 6.44. The largest absolute Gasteiger partial charge is 0.307 e. The van der Waals surface area contributed by atoms with E-state index in [0.717, 1.165) is 49.9 Å². The molecular formula is C29H20N4. The molecule has 0 saturated carbocycles. The van der Waals surface area contributed by atoms with Crippen LogP contribution in [0.25, 0.3) is 55.2 Å². The predicted molar refractivity (Wildman–Crippen MR) is 135 cm³/mol. The topological polar surface area (TPSA) is 35.6 Å². The summed E-state index contributed by atoms with van der Waals surface area (Å²) in [5, 5.41) is 3.40. The van der Waals surface area contributed by atoms with Gasteiger partial charge >= 0.3 is 0 Å². The molecule has 4 nitrogen and oxygen atoms in total. The lowest BCUT2D eigenvalue weighted by molar-refractivity contribution is 1.13. The van der Waals surface area contributed by atoms with Crippen LogP contribution in [0.5, 0.6) is 0 Å². The minimum absolute atomic E-state index is 0.951. The lowest BCUT2D eigenvalue weighted by Gasteiger charge is -2.10. The van der Waals surface area contributed by atoms with Gasteiger partial charge in [-0.25, -0.2) is 4.98 Å².